The lowest BCUT2D eigenvalue weighted by molar-refractivity contribution is 0.234. The van der Waals surface area contributed by atoms with Gasteiger partial charge in [-0.25, -0.2) is 4.79 Å². The Kier molecular flexibility index (Phi) is 4.02. The van der Waals surface area contributed by atoms with Crippen LogP contribution in [0.5, 0.6) is 5.75 Å². The van der Waals surface area contributed by atoms with Crippen LogP contribution in [0.2, 0.25) is 0 Å². The molecule has 1 heterocycles. The van der Waals surface area contributed by atoms with Crippen molar-refractivity contribution in [3.8, 4) is 5.75 Å². The first-order chi connectivity index (χ1) is 9.13. The summed E-state index contributed by atoms with van der Waals surface area (Å²) in [7, 11) is 0. The zero-order chi connectivity index (χ0) is 13.7. The summed E-state index contributed by atoms with van der Waals surface area (Å²) in [5.41, 5.74) is 1.15. The van der Waals surface area contributed by atoms with Crippen LogP contribution in [0.1, 0.15) is 11.3 Å². The Bertz CT molecular complexity index is 549. The second-order valence-electron chi connectivity index (χ2n) is 4.06. The van der Waals surface area contributed by atoms with Crippen LogP contribution < -0.4 is 15.4 Å². The minimum absolute atomic E-state index is 0.0751. The number of hydrogen-bond acceptors (Lipinski definition) is 4. The molecule has 0 saturated carbocycles. The highest BCUT2D eigenvalue weighted by atomic mass is 16.5. The van der Waals surface area contributed by atoms with Crippen LogP contribution in [-0.2, 0) is 0 Å². The highest BCUT2D eigenvalue weighted by Gasteiger charge is 2.05. The van der Waals surface area contributed by atoms with Crippen LogP contribution in [0, 0.1) is 13.8 Å². The maximum Gasteiger partial charge on any atom is 0.323 e. The number of benzene rings is 1. The standard InChI is InChI=1S/C13H15N3O3/c1-9-3-5-11(6-4-9)18-8-14-13(17)15-12-7-10(2)19-16-12/h3-7H,8H2,1-2H3,(H2,14,15,16,17). The number of nitrogens with zero attached hydrogens (tertiary/aromatic N) is 1. The van der Waals surface area contributed by atoms with Crippen molar-refractivity contribution in [3.63, 3.8) is 0 Å². The summed E-state index contributed by atoms with van der Waals surface area (Å²) in [5, 5.41) is 8.72. The van der Waals surface area contributed by atoms with E-state index in [1.807, 2.05) is 31.2 Å². The third-order valence-corrected chi connectivity index (χ3v) is 2.36. The number of carbonyl (C=O) groups excluding carboxylic acids is 1. The van der Waals surface area contributed by atoms with Gasteiger partial charge in [0.2, 0.25) is 0 Å². The van der Waals surface area contributed by atoms with Gasteiger partial charge in [-0.2, -0.15) is 0 Å². The largest absolute Gasteiger partial charge is 0.473 e. The highest BCUT2D eigenvalue weighted by Crippen LogP contribution is 2.10. The number of aryl methyl sites for hydroxylation is 2. The molecule has 0 aliphatic heterocycles. The molecule has 0 radical (unpaired) electrons. The minimum atomic E-state index is -0.402. The number of aromatic nitrogens is 1. The van der Waals surface area contributed by atoms with Crippen LogP contribution in [0.25, 0.3) is 0 Å². The topological polar surface area (TPSA) is 76.4 Å². The average molecular weight is 261 g/mol. The molecule has 1 aromatic carbocycles. The van der Waals surface area contributed by atoms with E-state index in [-0.39, 0.29) is 6.73 Å². The van der Waals surface area contributed by atoms with E-state index in [9.17, 15) is 4.79 Å². The molecule has 0 fully saturated rings. The molecule has 1 aromatic heterocycles. The van der Waals surface area contributed by atoms with Gasteiger partial charge in [-0.15, -0.1) is 0 Å². The maximum absolute atomic E-state index is 11.5. The number of hydrogen-bond donors (Lipinski definition) is 2. The van der Waals surface area contributed by atoms with Crippen LogP contribution in [0.15, 0.2) is 34.9 Å². The molecule has 2 rings (SSSR count). The van der Waals surface area contributed by atoms with Crippen molar-refractivity contribution in [2.45, 2.75) is 13.8 Å². The van der Waals surface area contributed by atoms with Crippen LogP contribution in [0.4, 0.5) is 10.6 Å². The molecule has 0 spiro atoms. The van der Waals surface area contributed by atoms with Crippen molar-refractivity contribution in [3.05, 3.63) is 41.7 Å². The van der Waals surface area contributed by atoms with Gasteiger partial charge in [0, 0.05) is 6.07 Å². The Balaban J connectivity index is 1.73. The highest BCUT2D eigenvalue weighted by molar-refractivity contribution is 5.87. The normalized spacial score (nSPS) is 10.0. The molecule has 6 nitrogen and oxygen atoms in total. The lowest BCUT2D eigenvalue weighted by atomic mass is 10.2. The van der Waals surface area contributed by atoms with Crippen LogP contribution in [0.3, 0.4) is 0 Å². The lowest BCUT2D eigenvalue weighted by Crippen LogP contribution is -2.32. The molecule has 0 unspecified atom stereocenters. The van der Waals surface area contributed by atoms with Crippen LogP contribution in [-0.4, -0.2) is 17.9 Å². The zero-order valence-electron chi connectivity index (χ0n) is 10.8. The minimum Gasteiger partial charge on any atom is -0.473 e. The lowest BCUT2D eigenvalue weighted by Gasteiger charge is -2.08. The molecule has 100 valence electrons. The smallest absolute Gasteiger partial charge is 0.323 e. The quantitative estimate of drug-likeness (QED) is 0.829. The number of amides is 2. The summed E-state index contributed by atoms with van der Waals surface area (Å²) in [6, 6.07) is 8.79. The summed E-state index contributed by atoms with van der Waals surface area (Å²) in [6.07, 6.45) is 0. The number of urea groups is 1. The van der Waals surface area contributed by atoms with E-state index in [0.717, 1.165) is 5.56 Å². The Morgan fingerprint density at radius 3 is 2.68 bits per heavy atom. The number of ether oxygens (including phenoxy) is 1. The molecule has 2 N–H and O–H groups in total. The Hall–Kier alpha value is -2.50. The second kappa shape index (κ2) is 5.90. The van der Waals surface area contributed by atoms with Crippen molar-refractivity contribution in [1.29, 1.82) is 0 Å². The zero-order valence-corrected chi connectivity index (χ0v) is 10.8. The third kappa shape index (κ3) is 4.02. The van der Waals surface area contributed by atoms with E-state index < -0.39 is 6.03 Å². The summed E-state index contributed by atoms with van der Waals surface area (Å²) in [6.45, 7) is 3.82. The van der Waals surface area contributed by atoms with Gasteiger partial charge in [0.1, 0.15) is 11.5 Å². The van der Waals surface area contributed by atoms with Gasteiger partial charge in [0.05, 0.1) is 0 Å². The van der Waals surface area contributed by atoms with E-state index >= 15 is 0 Å². The van der Waals surface area contributed by atoms with E-state index in [1.165, 1.54) is 0 Å². The van der Waals surface area contributed by atoms with Crippen molar-refractivity contribution in [1.82, 2.24) is 10.5 Å². The summed E-state index contributed by atoms with van der Waals surface area (Å²) in [5.74, 6) is 1.69. The molecule has 0 saturated heterocycles. The van der Waals surface area contributed by atoms with Crippen molar-refractivity contribution in [2.24, 2.45) is 0 Å². The fourth-order valence-electron chi connectivity index (χ4n) is 1.41. The number of nitrogens with one attached hydrogen (secondary N) is 2. The van der Waals surface area contributed by atoms with Crippen molar-refractivity contribution < 1.29 is 14.1 Å². The molecule has 0 aliphatic rings. The van der Waals surface area contributed by atoms with Gasteiger partial charge in [-0.05, 0) is 26.0 Å². The van der Waals surface area contributed by atoms with E-state index in [0.29, 0.717) is 17.3 Å². The number of anilines is 1. The van der Waals surface area contributed by atoms with Gasteiger partial charge in [-0.1, -0.05) is 22.9 Å². The summed E-state index contributed by atoms with van der Waals surface area (Å²) >= 11 is 0. The molecule has 6 heteroatoms. The van der Waals surface area contributed by atoms with E-state index in [4.69, 9.17) is 9.26 Å². The molecular formula is C13H15N3O3. The SMILES string of the molecule is Cc1ccc(OCNC(=O)Nc2cc(C)on2)cc1. The Morgan fingerprint density at radius 1 is 1.32 bits per heavy atom. The van der Waals surface area contributed by atoms with Gasteiger partial charge >= 0.3 is 6.03 Å². The van der Waals surface area contributed by atoms with E-state index in [2.05, 4.69) is 15.8 Å². The number of rotatable bonds is 4. The Morgan fingerprint density at radius 2 is 2.05 bits per heavy atom. The summed E-state index contributed by atoms with van der Waals surface area (Å²) < 4.78 is 10.2. The molecule has 2 aromatic rings. The van der Waals surface area contributed by atoms with E-state index in [1.54, 1.807) is 13.0 Å². The average Bonchev–Trinajstić information content (AvgIpc) is 2.77. The first-order valence-corrected chi connectivity index (χ1v) is 5.81. The van der Waals surface area contributed by atoms with Gasteiger partial charge in [0.15, 0.2) is 12.5 Å². The Labute approximate surface area is 110 Å². The fourth-order valence-corrected chi connectivity index (χ4v) is 1.41. The van der Waals surface area contributed by atoms with Crippen molar-refractivity contribution >= 4 is 11.8 Å². The van der Waals surface area contributed by atoms with Gasteiger partial charge < -0.3 is 14.6 Å². The molecule has 19 heavy (non-hydrogen) atoms. The molecule has 2 amide bonds. The maximum atomic E-state index is 11.5. The van der Waals surface area contributed by atoms with Crippen LogP contribution >= 0.6 is 0 Å². The predicted octanol–water partition coefficient (Wildman–Crippen LogP) is 2.45. The second-order valence-corrected chi connectivity index (χ2v) is 4.06. The first kappa shape index (κ1) is 12.9. The first-order valence-electron chi connectivity index (χ1n) is 5.81. The molecular weight excluding hydrogens is 246 g/mol. The predicted molar refractivity (Wildman–Crippen MR) is 70.1 cm³/mol. The molecule has 0 aliphatic carbocycles. The third-order valence-electron chi connectivity index (χ3n) is 2.36. The number of carbonyl (C=O) groups is 1. The van der Waals surface area contributed by atoms with Gasteiger partial charge in [-0.3, -0.25) is 5.32 Å². The van der Waals surface area contributed by atoms with Gasteiger partial charge in [0.25, 0.3) is 0 Å². The van der Waals surface area contributed by atoms with Crippen molar-refractivity contribution in [2.75, 3.05) is 12.0 Å². The molecule has 0 atom stereocenters. The monoisotopic (exact) mass is 261 g/mol. The molecule has 0 bridgehead atoms. The fraction of sp³-hybridized carbons (Fsp3) is 0.231. The summed E-state index contributed by atoms with van der Waals surface area (Å²) in [4.78, 5) is 11.5.